The van der Waals surface area contributed by atoms with Gasteiger partial charge < -0.3 is 9.84 Å². The van der Waals surface area contributed by atoms with Crippen molar-refractivity contribution < 1.29 is 19.5 Å². The van der Waals surface area contributed by atoms with E-state index in [9.17, 15) is 4.79 Å². The van der Waals surface area contributed by atoms with Gasteiger partial charge in [-0.2, -0.15) is 0 Å². The number of benzene rings is 1. The number of nitrogens with two attached hydrogens (primary N) is 1. The Morgan fingerprint density at radius 2 is 2.19 bits per heavy atom. The van der Waals surface area contributed by atoms with E-state index < -0.39 is 5.97 Å². The summed E-state index contributed by atoms with van der Waals surface area (Å²) in [6.45, 7) is 0.143. The largest absolute Gasteiger partial charge is 0.503 e. The molecule has 86 valence electrons. The first kappa shape index (κ1) is 12.2. The average Bonchev–Trinajstić information content (AvgIpc) is 2.27. The Morgan fingerprint density at radius 3 is 2.75 bits per heavy atom. The minimum Gasteiger partial charge on any atom is -0.503 e. The molecule has 0 saturated carbocycles. The third kappa shape index (κ3) is 2.82. The van der Waals surface area contributed by atoms with Gasteiger partial charge in [-0.1, -0.05) is 24.3 Å². The normalized spacial score (nSPS) is 11.2. The molecule has 0 spiro atoms. The van der Waals surface area contributed by atoms with Crippen LogP contribution >= 0.6 is 0 Å². The van der Waals surface area contributed by atoms with Gasteiger partial charge in [0.2, 0.25) is 0 Å². The molecule has 5 nitrogen and oxygen atoms in total. The fraction of sp³-hybridized carbons (Fsp3) is 0.182. The summed E-state index contributed by atoms with van der Waals surface area (Å²) in [5.74, 6) is 3.92. The predicted octanol–water partition coefficient (Wildman–Crippen LogP) is 1.15. The molecule has 0 aromatic heterocycles. The molecule has 5 heteroatoms. The minimum atomic E-state index is -1.06. The molecular formula is C11H13NO4. The fourth-order valence-electron chi connectivity index (χ4n) is 1.35. The van der Waals surface area contributed by atoms with E-state index in [-0.39, 0.29) is 12.2 Å². The standard InChI is InChI=1S/C11H13NO4/c1-15-7-10(11(13)14)9-5-3-2-4-8(9)6-16-12/h2-5,7H,6,12H2,1H3,(H,13,14). The maximum Gasteiger partial charge on any atom is 0.339 e. The number of aliphatic carboxylic acids is 1. The Labute approximate surface area is 93.0 Å². The van der Waals surface area contributed by atoms with Gasteiger partial charge in [0, 0.05) is 0 Å². The van der Waals surface area contributed by atoms with Gasteiger partial charge in [-0.15, -0.1) is 0 Å². The van der Waals surface area contributed by atoms with Crippen LogP contribution in [0.1, 0.15) is 11.1 Å². The van der Waals surface area contributed by atoms with Gasteiger partial charge in [-0.25, -0.2) is 10.7 Å². The number of rotatable bonds is 5. The SMILES string of the molecule is COC=C(C(=O)O)c1ccccc1CON. The van der Waals surface area contributed by atoms with Crippen molar-refractivity contribution in [1.29, 1.82) is 0 Å². The maximum atomic E-state index is 11.0. The number of carboxylic acid groups (broad SMARTS) is 1. The highest BCUT2D eigenvalue weighted by molar-refractivity contribution is 6.15. The number of hydrogen-bond acceptors (Lipinski definition) is 4. The molecule has 0 aliphatic heterocycles. The predicted molar refractivity (Wildman–Crippen MR) is 58.0 cm³/mol. The number of hydrogen-bond donors (Lipinski definition) is 2. The third-order valence-corrected chi connectivity index (χ3v) is 2.01. The molecule has 0 atom stereocenters. The lowest BCUT2D eigenvalue weighted by molar-refractivity contribution is -0.130. The molecule has 0 bridgehead atoms. The minimum absolute atomic E-state index is 0.0650. The van der Waals surface area contributed by atoms with Crippen LogP contribution in [0.5, 0.6) is 0 Å². The summed E-state index contributed by atoms with van der Waals surface area (Å²) in [6.07, 6.45) is 1.18. The summed E-state index contributed by atoms with van der Waals surface area (Å²) in [7, 11) is 1.39. The smallest absolute Gasteiger partial charge is 0.339 e. The van der Waals surface area contributed by atoms with Gasteiger partial charge in [-0.05, 0) is 11.1 Å². The highest BCUT2D eigenvalue weighted by Gasteiger charge is 2.14. The second-order valence-electron chi connectivity index (χ2n) is 3.04. The first-order chi connectivity index (χ1) is 7.70. The molecule has 0 saturated heterocycles. The Bertz CT molecular complexity index is 401. The van der Waals surface area contributed by atoms with Crippen LogP contribution in [-0.2, 0) is 21.0 Å². The quantitative estimate of drug-likeness (QED) is 0.444. The van der Waals surface area contributed by atoms with E-state index in [1.807, 2.05) is 0 Å². The zero-order valence-electron chi connectivity index (χ0n) is 8.84. The second-order valence-corrected chi connectivity index (χ2v) is 3.04. The maximum absolute atomic E-state index is 11.0. The van der Waals surface area contributed by atoms with Crippen molar-refractivity contribution in [2.24, 2.45) is 5.90 Å². The lowest BCUT2D eigenvalue weighted by Gasteiger charge is -2.08. The highest BCUT2D eigenvalue weighted by atomic mass is 16.6. The summed E-state index contributed by atoms with van der Waals surface area (Å²) in [6, 6.07) is 6.94. The summed E-state index contributed by atoms with van der Waals surface area (Å²) in [5.41, 5.74) is 1.29. The Hall–Kier alpha value is -1.85. The first-order valence-electron chi connectivity index (χ1n) is 4.57. The van der Waals surface area contributed by atoms with Gasteiger partial charge in [0.25, 0.3) is 0 Å². The summed E-state index contributed by atoms with van der Waals surface area (Å²) >= 11 is 0. The highest BCUT2D eigenvalue weighted by Crippen LogP contribution is 2.20. The average molecular weight is 223 g/mol. The first-order valence-corrected chi connectivity index (χ1v) is 4.57. The van der Waals surface area contributed by atoms with E-state index in [0.29, 0.717) is 11.1 Å². The van der Waals surface area contributed by atoms with Crippen molar-refractivity contribution in [3.63, 3.8) is 0 Å². The molecule has 0 aliphatic rings. The van der Waals surface area contributed by atoms with Crippen molar-refractivity contribution in [2.45, 2.75) is 6.61 Å². The molecule has 1 aromatic carbocycles. The van der Waals surface area contributed by atoms with Gasteiger partial charge in [0.15, 0.2) is 0 Å². The number of carbonyl (C=O) groups is 1. The zero-order valence-corrected chi connectivity index (χ0v) is 8.84. The Kier molecular flexibility index (Phi) is 4.50. The van der Waals surface area contributed by atoms with E-state index in [2.05, 4.69) is 4.84 Å². The molecule has 1 aromatic rings. The summed E-state index contributed by atoms with van der Waals surface area (Å²) < 4.78 is 4.74. The number of carboxylic acids is 1. The van der Waals surface area contributed by atoms with Crippen molar-refractivity contribution in [2.75, 3.05) is 7.11 Å². The van der Waals surface area contributed by atoms with Crippen LogP contribution in [0.3, 0.4) is 0 Å². The van der Waals surface area contributed by atoms with Crippen LogP contribution in [0.15, 0.2) is 30.5 Å². The van der Waals surface area contributed by atoms with E-state index in [1.165, 1.54) is 13.4 Å². The van der Waals surface area contributed by atoms with Gasteiger partial charge in [0.05, 0.1) is 20.0 Å². The van der Waals surface area contributed by atoms with Gasteiger partial charge in [-0.3, -0.25) is 4.84 Å². The van der Waals surface area contributed by atoms with Crippen LogP contribution in [0.4, 0.5) is 0 Å². The van der Waals surface area contributed by atoms with Crippen LogP contribution in [0, 0.1) is 0 Å². The lowest BCUT2D eigenvalue weighted by atomic mass is 10.0. The molecular weight excluding hydrogens is 210 g/mol. The molecule has 0 unspecified atom stereocenters. The van der Waals surface area contributed by atoms with Crippen molar-refractivity contribution >= 4 is 11.5 Å². The van der Waals surface area contributed by atoms with Crippen LogP contribution in [0.25, 0.3) is 5.57 Å². The monoisotopic (exact) mass is 223 g/mol. The van der Waals surface area contributed by atoms with E-state index in [1.54, 1.807) is 24.3 Å². The Balaban J connectivity index is 3.18. The molecule has 0 heterocycles. The molecule has 16 heavy (non-hydrogen) atoms. The van der Waals surface area contributed by atoms with E-state index in [0.717, 1.165) is 0 Å². The van der Waals surface area contributed by atoms with Crippen molar-refractivity contribution in [3.05, 3.63) is 41.7 Å². The van der Waals surface area contributed by atoms with Crippen LogP contribution < -0.4 is 5.90 Å². The van der Waals surface area contributed by atoms with E-state index in [4.69, 9.17) is 15.7 Å². The van der Waals surface area contributed by atoms with Crippen molar-refractivity contribution in [1.82, 2.24) is 0 Å². The molecule has 0 aliphatic carbocycles. The zero-order chi connectivity index (χ0) is 12.0. The van der Waals surface area contributed by atoms with Gasteiger partial charge >= 0.3 is 5.97 Å². The van der Waals surface area contributed by atoms with E-state index >= 15 is 0 Å². The van der Waals surface area contributed by atoms with Crippen molar-refractivity contribution in [3.8, 4) is 0 Å². The number of ether oxygens (including phenoxy) is 1. The van der Waals surface area contributed by atoms with Crippen LogP contribution in [0.2, 0.25) is 0 Å². The van der Waals surface area contributed by atoms with Crippen LogP contribution in [-0.4, -0.2) is 18.2 Å². The second kappa shape index (κ2) is 5.89. The molecule has 0 radical (unpaired) electrons. The molecule has 1 rings (SSSR count). The molecule has 0 fully saturated rings. The molecule has 0 amide bonds. The number of methoxy groups -OCH3 is 1. The third-order valence-electron chi connectivity index (χ3n) is 2.01. The summed E-state index contributed by atoms with van der Waals surface area (Å²) in [4.78, 5) is 15.5. The summed E-state index contributed by atoms with van der Waals surface area (Å²) in [5, 5.41) is 9.03. The van der Waals surface area contributed by atoms with Gasteiger partial charge in [0.1, 0.15) is 5.57 Å². The fourth-order valence-corrected chi connectivity index (χ4v) is 1.35. The lowest BCUT2D eigenvalue weighted by Crippen LogP contribution is -2.06. The Morgan fingerprint density at radius 1 is 1.50 bits per heavy atom. The molecule has 3 N–H and O–H groups in total. The topological polar surface area (TPSA) is 81.8 Å².